The van der Waals surface area contributed by atoms with Crippen LogP contribution in [0.2, 0.25) is 0 Å². The van der Waals surface area contributed by atoms with Crippen molar-refractivity contribution in [2.75, 3.05) is 4.90 Å². The summed E-state index contributed by atoms with van der Waals surface area (Å²) in [4.78, 5) is 2.36. The number of nitrogens with zero attached hydrogens (tertiary/aromatic N) is 1. The molecule has 0 amide bonds. The van der Waals surface area contributed by atoms with Crippen LogP contribution in [-0.2, 0) is 0 Å². The van der Waals surface area contributed by atoms with Crippen LogP contribution in [0, 0.1) is 0 Å². The Labute approximate surface area is 295 Å². The molecule has 240 valence electrons. The van der Waals surface area contributed by atoms with Crippen LogP contribution in [0.1, 0.15) is 0 Å². The van der Waals surface area contributed by atoms with Crippen molar-refractivity contribution in [3.63, 3.8) is 0 Å². The fraction of sp³-hybridized carbons (Fsp3) is 0. The van der Waals surface area contributed by atoms with Crippen molar-refractivity contribution < 1.29 is 8.83 Å². The van der Waals surface area contributed by atoms with E-state index in [-0.39, 0.29) is 0 Å². The molecule has 2 heterocycles. The van der Waals surface area contributed by atoms with Crippen LogP contribution in [0.5, 0.6) is 0 Å². The summed E-state index contributed by atoms with van der Waals surface area (Å²) in [6.45, 7) is 0. The number of hydrogen-bond acceptors (Lipinski definition) is 3. The van der Waals surface area contributed by atoms with Gasteiger partial charge in [0, 0.05) is 33.1 Å². The van der Waals surface area contributed by atoms with Gasteiger partial charge < -0.3 is 13.7 Å². The van der Waals surface area contributed by atoms with E-state index in [1.54, 1.807) is 0 Å². The molecule has 0 saturated heterocycles. The zero-order valence-corrected chi connectivity index (χ0v) is 27.7. The number of para-hydroxylation sites is 3. The normalized spacial score (nSPS) is 11.5. The van der Waals surface area contributed by atoms with Crippen LogP contribution in [-0.4, -0.2) is 0 Å². The first-order chi connectivity index (χ1) is 25.3. The first-order valence-electron chi connectivity index (χ1n) is 17.3. The van der Waals surface area contributed by atoms with Crippen molar-refractivity contribution in [1.29, 1.82) is 0 Å². The summed E-state index contributed by atoms with van der Waals surface area (Å²) < 4.78 is 12.8. The molecular weight excluding hydrogens is 623 g/mol. The molecule has 3 nitrogen and oxygen atoms in total. The van der Waals surface area contributed by atoms with E-state index in [0.717, 1.165) is 72.1 Å². The third kappa shape index (κ3) is 4.90. The molecule has 8 aromatic carbocycles. The SMILES string of the molecule is c1ccc(-c2ccc(N(c3ccc(-c4cccc5c4oc4ccccc45)cc3)c3cccc4oc5ccccc5c34)cc2-c2ccccc2)cc1. The highest BCUT2D eigenvalue weighted by Gasteiger charge is 2.21. The van der Waals surface area contributed by atoms with E-state index in [1.807, 2.05) is 24.3 Å². The van der Waals surface area contributed by atoms with E-state index in [0.29, 0.717) is 0 Å². The van der Waals surface area contributed by atoms with Crippen LogP contribution in [0.15, 0.2) is 197 Å². The summed E-state index contributed by atoms with van der Waals surface area (Å²) >= 11 is 0. The van der Waals surface area contributed by atoms with Crippen molar-refractivity contribution in [2.45, 2.75) is 0 Å². The Kier molecular flexibility index (Phi) is 6.81. The molecule has 0 N–H and O–H groups in total. The van der Waals surface area contributed by atoms with Gasteiger partial charge in [0.25, 0.3) is 0 Å². The highest BCUT2D eigenvalue weighted by Crippen LogP contribution is 2.46. The third-order valence-electron chi connectivity index (χ3n) is 9.89. The van der Waals surface area contributed by atoms with Gasteiger partial charge in [0.2, 0.25) is 0 Å². The second kappa shape index (κ2) is 11.9. The van der Waals surface area contributed by atoms with Gasteiger partial charge in [-0.15, -0.1) is 0 Å². The highest BCUT2D eigenvalue weighted by molar-refractivity contribution is 6.14. The van der Waals surface area contributed by atoms with E-state index < -0.39 is 0 Å². The fourth-order valence-corrected chi connectivity index (χ4v) is 7.53. The molecule has 3 heteroatoms. The van der Waals surface area contributed by atoms with Gasteiger partial charge in [-0.25, -0.2) is 0 Å². The zero-order chi connectivity index (χ0) is 33.7. The summed E-state index contributed by atoms with van der Waals surface area (Å²) in [6.07, 6.45) is 0. The minimum absolute atomic E-state index is 0.857. The molecule has 0 bridgehead atoms. The maximum Gasteiger partial charge on any atom is 0.143 e. The first kappa shape index (κ1) is 29.1. The van der Waals surface area contributed by atoms with Crippen LogP contribution >= 0.6 is 0 Å². The van der Waals surface area contributed by atoms with Gasteiger partial charge in [0.15, 0.2) is 0 Å². The standard InChI is InChI=1S/C48H31NO2/c1-3-13-32(14-4-1)37-30-29-36(31-42(37)33-15-5-2-6-16-33)49(43-21-12-24-46-47(43)41-18-8-10-23-45(41)50-46)35-27-25-34(26-28-35)38-19-11-20-40-39-17-7-9-22-44(39)51-48(38)40/h1-31H. The van der Waals surface area contributed by atoms with Gasteiger partial charge in [-0.1, -0.05) is 140 Å². The molecule has 0 aliphatic heterocycles. The number of benzene rings is 8. The molecule has 0 aliphatic carbocycles. The molecule has 10 rings (SSSR count). The molecule has 0 radical (unpaired) electrons. The monoisotopic (exact) mass is 653 g/mol. The van der Waals surface area contributed by atoms with Crippen LogP contribution in [0.4, 0.5) is 17.1 Å². The molecule has 51 heavy (non-hydrogen) atoms. The summed E-state index contributed by atoms with van der Waals surface area (Å²) in [5.41, 5.74) is 13.6. The topological polar surface area (TPSA) is 29.5 Å². The Morgan fingerprint density at radius 3 is 1.67 bits per heavy atom. The van der Waals surface area contributed by atoms with Gasteiger partial charge >= 0.3 is 0 Å². The lowest BCUT2D eigenvalue weighted by atomic mass is 9.93. The minimum atomic E-state index is 0.857. The molecule has 0 spiro atoms. The number of furan rings is 2. The second-order valence-electron chi connectivity index (χ2n) is 12.9. The van der Waals surface area contributed by atoms with Crippen molar-refractivity contribution >= 4 is 60.9 Å². The van der Waals surface area contributed by atoms with Gasteiger partial charge in [-0.3, -0.25) is 0 Å². The van der Waals surface area contributed by atoms with Gasteiger partial charge in [-0.2, -0.15) is 0 Å². The molecule has 0 atom stereocenters. The quantitative estimate of drug-likeness (QED) is 0.179. The van der Waals surface area contributed by atoms with Crippen molar-refractivity contribution in [2.24, 2.45) is 0 Å². The van der Waals surface area contributed by atoms with Gasteiger partial charge in [0.1, 0.15) is 22.3 Å². The summed E-state index contributed by atoms with van der Waals surface area (Å²) in [5, 5.41) is 4.42. The highest BCUT2D eigenvalue weighted by atomic mass is 16.3. The number of fused-ring (bicyclic) bond motifs is 6. The maximum atomic E-state index is 6.42. The first-order valence-corrected chi connectivity index (χ1v) is 17.3. The predicted octanol–water partition coefficient (Wildman–Crippen LogP) is 14.0. The number of anilines is 3. The zero-order valence-electron chi connectivity index (χ0n) is 27.7. The maximum absolute atomic E-state index is 6.42. The largest absolute Gasteiger partial charge is 0.456 e. The van der Waals surface area contributed by atoms with Crippen LogP contribution in [0.25, 0.3) is 77.3 Å². The van der Waals surface area contributed by atoms with E-state index in [1.165, 1.54) is 22.3 Å². The average molecular weight is 654 g/mol. The predicted molar refractivity (Wildman–Crippen MR) is 212 cm³/mol. The van der Waals surface area contributed by atoms with Gasteiger partial charge in [-0.05, 0) is 76.3 Å². The number of hydrogen-bond donors (Lipinski definition) is 0. The lowest BCUT2D eigenvalue weighted by Gasteiger charge is -2.27. The van der Waals surface area contributed by atoms with E-state index >= 15 is 0 Å². The molecule has 2 aromatic heterocycles. The Bertz CT molecular complexity index is 2850. The van der Waals surface area contributed by atoms with Crippen LogP contribution in [0.3, 0.4) is 0 Å². The summed E-state index contributed by atoms with van der Waals surface area (Å²) in [6, 6.07) is 66.2. The molecule has 0 fully saturated rings. The lowest BCUT2D eigenvalue weighted by Crippen LogP contribution is -2.10. The van der Waals surface area contributed by atoms with E-state index in [4.69, 9.17) is 8.83 Å². The Morgan fingerprint density at radius 2 is 0.902 bits per heavy atom. The molecule has 0 unspecified atom stereocenters. The molecule has 0 aliphatic rings. The summed E-state index contributed by atoms with van der Waals surface area (Å²) in [5.74, 6) is 0. The average Bonchev–Trinajstić information content (AvgIpc) is 3.78. The molecule has 0 saturated carbocycles. The van der Waals surface area contributed by atoms with E-state index in [2.05, 4.69) is 169 Å². The molecular formula is C48H31NO2. The van der Waals surface area contributed by atoms with Crippen LogP contribution < -0.4 is 4.90 Å². The smallest absolute Gasteiger partial charge is 0.143 e. The van der Waals surface area contributed by atoms with Gasteiger partial charge in [0.05, 0.1) is 11.1 Å². The van der Waals surface area contributed by atoms with E-state index in [9.17, 15) is 0 Å². The minimum Gasteiger partial charge on any atom is -0.456 e. The molecule has 10 aromatic rings. The number of rotatable bonds is 6. The summed E-state index contributed by atoms with van der Waals surface area (Å²) in [7, 11) is 0. The van der Waals surface area contributed by atoms with Crippen molar-refractivity contribution in [1.82, 2.24) is 0 Å². The Hall–Kier alpha value is -6.84. The third-order valence-corrected chi connectivity index (χ3v) is 9.89. The van der Waals surface area contributed by atoms with Crippen molar-refractivity contribution in [3.05, 3.63) is 188 Å². The van der Waals surface area contributed by atoms with Crippen molar-refractivity contribution in [3.8, 4) is 33.4 Å². The Morgan fingerprint density at radius 1 is 0.333 bits per heavy atom. The lowest BCUT2D eigenvalue weighted by molar-refractivity contribution is 0.669. The second-order valence-corrected chi connectivity index (χ2v) is 12.9. The Balaban J connectivity index is 1.18. The fourth-order valence-electron chi connectivity index (χ4n) is 7.53.